The summed E-state index contributed by atoms with van der Waals surface area (Å²) < 4.78 is 94.7. The number of hydrogen-bond donors (Lipinski definition) is 1. The van der Waals surface area contributed by atoms with Crippen molar-refractivity contribution in [3.63, 3.8) is 0 Å². The van der Waals surface area contributed by atoms with E-state index < -0.39 is 36.4 Å². The highest BCUT2D eigenvalue weighted by molar-refractivity contribution is 5.60. The molecule has 0 aliphatic carbocycles. The number of anilines is 2. The number of alkyl halides is 6. The number of aromatic nitrogens is 3. The Morgan fingerprint density at radius 2 is 1.68 bits per heavy atom. The molecule has 0 saturated carbocycles. The van der Waals surface area contributed by atoms with E-state index in [1.165, 1.54) is 25.1 Å². The van der Waals surface area contributed by atoms with Gasteiger partial charge in [-0.25, -0.2) is 4.39 Å². The van der Waals surface area contributed by atoms with Crippen molar-refractivity contribution in [1.29, 1.82) is 0 Å². The first-order valence-corrected chi connectivity index (χ1v) is 8.57. The third-order valence-corrected chi connectivity index (χ3v) is 3.86. The van der Waals surface area contributed by atoms with Crippen LogP contribution in [0, 0.1) is 12.7 Å². The fourth-order valence-corrected chi connectivity index (χ4v) is 2.39. The van der Waals surface area contributed by atoms with Crippen LogP contribution < -0.4 is 10.1 Å². The fourth-order valence-electron chi connectivity index (χ4n) is 2.39. The Hall–Kier alpha value is -3.44. The van der Waals surface area contributed by atoms with Gasteiger partial charge in [-0.1, -0.05) is 18.2 Å². The lowest BCUT2D eigenvalue weighted by Gasteiger charge is -2.12. The topological polar surface area (TPSA) is 59.9 Å². The molecule has 5 nitrogen and oxygen atoms in total. The Balaban J connectivity index is 1.99. The smallest absolute Gasteiger partial charge is 0.422 e. The normalized spacial score (nSPS) is 12.0. The first-order chi connectivity index (χ1) is 14.4. The van der Waals surface area contributed by atoms with Crippen molar-refractivity contribution in [2.24, 2.45) is 0 Å². The van der Waals surface area contributed by atoms with Crippen LogP contribution in [-0.4, -0.2) is 27.7 Å². The van der Waals surface area contributed by atoms with Gasteiger partial charge < -0.3 is 10.1 Å². The minimum absolute atomic E-state index is 0.0798. The van der Waals surface area contributed by atoms with Gasteiger partial charge in [-0.15, -0.1) is 0 Å². The molecule has 0 spiro atoms. The fraction of sp³-hybridized carbons (Fsp3) is 0.211. The van der Waals surface area contributed by atoms with Crippen molar-refractivity contribution in [3.05, 3.63) is 59.4 Å². The molecule has 31 heavy (non-hydrogen) atoms. The molecule has 1 N–H and O–H groups in total. The van der Waals surface area contributed by atoms with Gasteiger partial charge in [0.05, 0.1) is 5.56 Å². The van der Waals surface area contributed by atoms with Gasteiger partial charge in [0, 0.05) is 11.3 Å². The van der Waals surface area contributed by atoms with Crippen molar-refractivity contribution >= 4 is 11.6 Å². The Morgan fingerprint density at radius 3 is 2.32 bits per heavy atom. The SMILES string of the molecule is Cc1ccc(-c2nc(Nc3cccc(C(F)(F)F)c3)nc(OCC(F)(F)F)n2)cc1F. The number of nitrogens with one attached hydrogen (secondary N) is 1. The van der Waals surface area contributed by atoms with E-state index in [2.05, 4.69) is 25.0 Å². The zero-order valence-corrected chi connectivity index (χ0v) is 15.6. The highest BCUT2D eigenvalue weighted by Gasteiger charge is 2.31. The van der Waals surface area contributed by atoms with E-state index in [1.807, 2.05) is 0 Å². The maximum absolute atomic E-state index is 13.9. The van der Waals surface area contributed by atoms with Crippen LogP contribution in [-0.2, 0) is 6.18 Å². The van der Waals surface area contributed by atoms with Crippen LogP contribution in [0.1, 0.15) is 11.1 Å². The minimum Gasteiger partial charge on any atom is -0.454 e. The van der Waals surface area contributed by atoms with Gasteiger partial charge in [-0.05, 0) is 36.8 Å². The van der Waals surface area contributed by atoms with E-state index in [0.29, 0.717) is 5.56 Å². The molecule has 0 aliphatic heterocycles. The number of aryl methyl sites for hydroxylation is 1. The number of rotatable bonds is 5. The van der Waals surface area contributed by atoms with Crippen LogP contribution >= 0.6 is 0 Å². The number of ether oxygens (including phenoxy) is 1. The zero-order chi connectivity index (χ0) is 22.8. The number of halogens is 7. The summed E-state index contributed by atoms with van der Waals surface area (Å²) in [7, 11) is 0. The van der Waals surface area contributed by atoms with Crippen LogP contribution in [0.2, 0.25) is 0 Å². The summed E-state index contributed by atoms with van der Waals surface area (Å²) in [5.41, 5.74) is -0.618. The molecular weight excluding hydrogens is 433 g/mol. The second-order valence-corrected chi connectivity index (χ2v) is 6.34. The van der Waals surface area contributed by atoms with Gasteiger partial charge in [0.1, 0.15) is 5.82 Å². The summed E-state index contributed by atoms with van der Waals surface area (Å²) in [5.74, 6) is -1.23. The van der Waals surface area contributed by atoms with Crippen molar-refractivity contribution in [2.75, 3.05) is 11.9 Å². The summed E-state index contributed by atoms with van der Waals surface area (Å²) in [4.78, 5) is 11.4. The lowest BCUT2D eigenvalue weighted by molar-refractivity contribution is -0.154. The van der Waals surface area contributed by atoms with Gasteiger partial charge >= 0.3 is 18.4 Å². The monoisotopic (exact) mass is 446 g/mol. The summed E-state index contributed by atoms with van der Waals surface area (Å²) in [5, 5.41) is 2.47. The molecule has 3 aromatic rings. The molecule has 0 bridgehead atoms. The summed E-state index contributed by atoms with van der Waals surface area (Å²) in [6.45, 7) is -0.202. The molecule has 1 heterocycles. The second-order valence-electron chi connectivity index (χ2n) is 6.34. The quantitative estimate of drug-likeness (QED) is 0.511. The van der Waals surface area contributed by atoms with E-state index in [4.69, 9.17) is 0 Å². The van der Waals surface area contributed by atoms with E-state index in [0.717, 1.165) is 24.3 Å². The van der Waals surface area contributed by atoms with Crippen molar-refractivity contribution in [1.82, 2.24) is 15.0 Å². The van der Waals surface area contributed by atoms with Crippen LogP contribution in [0.4, 0.5) is 42.4 Å². The standard InChI is InChI=1S/C19H13F7N4O/c1-10-5-6-11(7-14(10)20)15-28-16(30-17(29-15)31-9-18(21,22)23)27-13-4-2-3-12(8-13)19(24,25)26/h2-8H,9H2,1H3,(H,27,28,29,30). The zero-order valence-electron chi connectivity index (χ0n) is 15.6. The van der Waals surface area contributed by atoms with Crippen molar-refractivity contribution in [3.8, 4) is 17.4 Å². The highest BCUT2D eigenvalue weighted by Crippen LogP contribution is 2.31. The lowest BCUT2D eigenvalue weighted by Crippen LogP contribution is -2.20. The molecule has 3 rings (SSSR count). The van der Waals surface area contributed by atoms with Gasteiger partial charge in [-0.3, -0.25) is 0 Å². The van der Waals surface area contributed by atoms with E-state index in [-0.39, 0.29) is 23.0 Å². The number of nitrogens with zero attached hydrogens (tertiary/aromatic N) is 3. The van der Waals surface area contributed by atoms with Crippen molar-refractivity contribution < 1.29 is 35.5 Å². The Kier molecular flexibility index (Phi) is 6.00. The Bertz CT molecular complexity index is 1080. The summed E-state index contributed by atoms with van der Waals surface area (Å²) in [6, 6.07) is 7.18. The van der Waals surface area contributed by atoms with E-state index in [1.54, 1.807) is 0 Å². The third-order valence-electron chi connectivity index (χ3n) is 3.86. The summed E-state index contributed by atoms with van der Waals surface area (Å²) in [6.07, 6.45) is -9.29. The molecule has 0 unspecified atom stereocenters. The molecule has 2 aromatic carbocycles. The van der Waals surface area contributed by atoms with Gasteiger partial charge in [-0.2, -0.15) is 41.3 Å². The van der Waals surface area contributed by atoms with Gasteiger partial charge in [0.15, 0.2) is 12.4 Å². The molecule has 0 saturated heterocycles. The molecule has 0 aliphatic rings. The van der Waals surface area contributed by atoms with Crippen LogP contribution in [0.3, 0.4) is 0 Å². The van der Waals surface area contributed by atoms with Crippen molar-refractivity contribution in [2.45, 2.75) is 19.3 Å². The number of benzene rings is 2. The van der Waals surface area contributed by atoms with Crippen LogP contribution in [0.25, 0.3) is 11.4 Å². The van der Waals surface area contributed by atoms with E-state index >= 15 is 0 Å². The largest absolute Gasteiger partial charge is 0.454 e. The van der Waals surface area contributed by atoms with Crippen LogP contribution in [0.15, 0.2) is 42.5 Å². The molecule has 0 atom stereocenters. The van der Waals surface area contributed by atoms with Gasteiger partial charge in [0.2, 0.25) is 5.95 Å². The molecular formula is C19H13F7N4O. The average molecular weight is 446 g/mol. The third kappa shape index (κ3) is 6.03. The first kappa shape index (κ1) is 22.2. The summed E-state index contributed by atoms with van der Waals surface area (Å²) >= 11 is 0. The first-order valence-electron chi connectivity index (χ1n) is 8.57. The number of hydrogen-bond acceptors (Lipinski definition) is 5. The lowest BCUT2D eigenvalue weighted by atomic mass is 10.1. The predicted molar refractivity (Wildman–Crippen MR) is 96.2 cm³/mol. The van der Waals surface area contributed by atoms with Crippen LogP contribution in [0.5, 0.6) is 6.01 Å². The molecule has 0 radical (unpaired) electrons. The Morgan fingerprint density at radius 1 is 0.935 bits per heavy atom. The van der Waals surface area contributed by atoms with E-state index in [9.17, 15) is 30.7 Å². The van der Waals surface area contributed by atoms with Gasteiger partial charge in [0.25, 0.3) is 0 Å². The molecule has 12 heteroatoms. The Labute approximate surface area is 170 Å². The highest BCUT2D eigenvalue weighted by atomic mass is 19.4. The molecule has 0 fully saturated rings. The maximum atomic E-state index is 13.9. The molecule has 164 valence electrons. The molecule has 1 aromatic heterocycles. The second kappa shape index (κ2) is 8.36. The molecule has 0 amide bonds. The maximum Gasteiger partial charge on any atom is 0.422 e. The predicted octanol–water partition coefficient (Wildman–Crippen LogP) is 5.69. The average Bonchev–Trinajstić information content (AvgIpc) is 2.67. The minimum atomic E-state index is -4.68.